The number of nitrogens with zero attached hydrogens (tertiary/aromatic N) is 3. The second-order valence-corrected chi connectivity index (χ2v) is 5.57. The Morgan fingerprint density at radius 2 is 2.30 bits per heavy atom. The number of ketones is 1. The van der Waals surface area contributed by atoms with Crippen LogP contribution in [0.1, 0.15) is 31.7 Å². The number of azide groups is 1. The second-order valence-electron chi connectivity index (χ2n) is 5.16. The molecule has 2 atom stereocenters. The summed E-state index contributed by atoms with van der Waals surface area (Å²) in [5.41, 5.74) is 8.76. The summed E-state index contributed by atoms with van der Waals surface area (Å²) in [6.45, 7) is 1.89. The van der Waals surface area contributed by atoms with Crippen LogP contribution < -0.4 is 4.74 Å². The minimum Gasteiger partial charge on any atom is -0.495 e. The highest BCUT2D eigenvalue weighted by atomic mass is 35.5. The minimum atomic E-state index is -0.658. The lowest BCUT2D eigenvalue weighted by atomic mass is 9.68. The third-order valence-corrected chi connectivity index (χ3v) is 4.29. The zero-order valence-electron chi connectivity index (χ0n) is 11.5. The first-order valence-corrected chi connectivity index (χ1v) is 6.83. The first-order chi connectivity index (χ1) is 9.52. The summed E-state index contributed by atoms with van der Waals surface area (Å²) in [6, 6.07) is 4.77. The second kappa shape index (κ2) is 5.73. The molecule has 0 saturated heterocycles. The van der Waals surface area contributed by atoms with Gasteiger partial charge in [-0.25, -0.2) is 0 Å². The molecule has 106 valence electrons. The van der Waals surface area contributed by atoms with E-state index in [1.807, 2.05) is 13.0 Å². The van der Waals surface area contributed by atoms with Crippen molar-refractivity contribution >= 4 is 17.4 Å². The SMILES string of the molecule is COc1cc(C2(C)CCCC(N=[N+]=[N-])C2=O)ccc1Cl. The minimum absolute atomic E-state index is 0.0362. The molecule has 20 heavy (non-hydrogen) atoms. The fourth-order valence-corrected chi connectivity index (χ4v) is 2.93. The number of benzene rings is 1. The number of hydrogen-bond donors (Lipinski definition) is 0. The molecule has 2 rings (SSSR count). The molecular formula is C14H16ClN3O2. The van der Waals surface area contributed by atoms with Crippen LogP contribution in [-0.4, -0.2) is 18.9 Å². The molecule has 6 heteroatoms. The Labute approximate surface area is 122 Å². The van der Waals surface area contributed by atoms with Crippen LogP contribution in [0.2, 0.25) is 5.02 Å². The molecule has 0 N–H and O–H groups in total. The van der Waals surface area contributed by atoms with Gasteiger partial charge in [0.2, 0.25) is 0 Å². The molecule has 1 aliphatic rings. The number of carbonyl (C=O) groups is 1. The molecule has 0 heterocycles. The number of methoxy groups -OCH3 is 1. The predicted octanol–water partition coefficient (Wildman–Crippen LogP) is 4.04. The third kappa shape index (κ3) is 2.47. The van der Waals surface area contributed by atoms with Crippen LogP contribution in [0.15, 0.2) is 23.3 Å². The molecule has 1 aromatic carbocycles. The van der Waals surface area contributed by atoms with Crippen molar-refractivity contribution in [1.29, 1.82) is 0 Å². The first kappa shape index (κ1) is 14.7. The van der Waals surface area contributed by atoms with Gasteiger partial charge >= 0.3 is 0 Å². The summed E-state index contributed by atoms with van der Waals surface area (Å²) in [6.07, 6.45) is 2.19. The van der Waals surface area contributed by atoms with Gasteiger partial charge < -0.3 is 4.74 Å². The van der Waals surface area contributed by atoms with Gasteiger partial charge in [-0.05, 0) is 43.0 Å². The van der Waals surface area contributed by atoms with Gasteiger partial charge in [0, 0.05) is 4.91 Å². The quantitative estimate of drug-likeness (QED) is 0.479. The Bertz CT molecular complexity index is 584. The van der Waals surface area contributed by atoms with Crippen LogP contribution in [0, 0.1) is 0 Å². The van der Waals surface area contributed by atoms with Crippen LogP contribution in [0.3, 0.4) is 0 Å². The average molecular weight is 294 g/mol. The van der Waals surface area contributed by atoms with E-state index in [2.05, 4.69) is 10.0 Å². The fourth-order valence-electron chi connectivity index (χ4n) is 2.73. The standard InChI is InChI=1S/C14H16ClN3O2/c1-14(7-3-4-11(13(14)19)17-18-16)9-5-6-10(15)12(8-9)20-2/h5-6,8,11H,3-4,7H2,1-2H3. The molecule has 0 bridgehead atoms. The van der Waals surface area contributed by atoms with Crippen LogP contribution >= 0.6 is 11.6 Å². The third-order valence-electron chi connectivity index (χ3n) is 3.98. The van der Waals surface area contributed by atoms with Crippen molar-refractivity contribution < 1.29 is 9.53 Å². The van der Waals surface area contributed by atoms with Crippen molar-refractivity contribution in [3.05, 3.63) is 39.2 Å². The average Bonchev–Trinajstić information content (AvgIpc) is 2.44. The molecule has 0 spiro atoms. The molecule has 1 aromatic rings. The van der Waals surface area contributed by atoms with Gasteiger partial charge in [0.1, 0.15) is 5.75 Å². The van der Waals surface area contributed by atoms with E-state index in [9.17, 15) is 4.79 Å². The summed E-state index contributed by atoms with van der Waals surface area (Å²) >= 11 is 6.02. The summed E-state index contributed by atoms with van der Waals surface area (Å²) in [7, 11) is 1.54. The maximum atomic E-state index is 12.6. The van der Waals surface area contributed by atoms with Crippen molar-refractivity contribution in [1.82, 2.24) is 0 Å². The molecule has 5 nitrogen and oxygen atoms in total. The number of Topliss-reactive ketones (excluding diaryl/α,β-unsaturated/α-hetero) is 1. The van der Waals surface area contributed by atoms with Crippen LogP contribution in [-0.2, 0) is 10.2 Å². The zero-order chi connectivity index (χ0) is 14.8. The Balaban J connectivity index is 2.43. The lowest BCUT2D eigenvalue weighted by molar-refractivity contribution is -0.127. The highest BCUT2D eigenvalue weighted by molar-refractivity contribution is 6.32. The van der Waals surface area contributed by atoms with Gasteiger partial charge in [0.05, 0.1) is 23.6 Å². The number of halogens is 1. The number of rotatable bonds is 3. The van der Waals surface area contributed by atoms with Crippen LogP contribution in [0.25, 0.3) is 10.4 Å². The molecular weight excluding hydrogens is 278 g/mol. The Morgan fingerprint density at radius 1 is 1.55 bits per heavy atom. The van der Waals surface area contributed by atoms with E-state index in [1.54, 1.807) is 19.2 Å². The maximum absolute atomic E-state index is 12.6. The van der Waals surface area contributed by atoms with Gasteiger partial charge in [-0.15, -0.1) is 0 Å². The van der Waals surface area contributed by atoms with E-state index in [1.165, 1.54) is 0 Å². The van der Waals surface area contributed by atoms with Crippen molar-refractivity contribution in [3.63, 3.8) is 0 Å². The van der Waals surface area contributed by atoms with E-state index in [0.717, 1.165) is 18.4 Å². The van der Waals surface area contributed by atoms with E-state index in [4.69, 9.17) is 21.9 Å². The molecule has 1 aliphatic carbocycles. The van der Waals surface area contributed by atoms with Crippen molar-refractivity contribution in [3.8, 4) is 5.75 Å². The van der Waals surface area contributed by atoms with E-state index in [0.29, 0.717) is 17.2 Å². The van der Waals surface area contributed by atoms with Gasteiger partial charge in [0.15, 0.2) is 5.78 Å². The van der Waals surface area contributed by atoms with Gasteiger partial charge in [-0.3, -0.25) is 4.79 Å². The van der Waals surface area contributed by atoms with Gasteiger partial charge in [-0.2, -0.15) is 0 Å². The van der Waals surface area contributed by atoms with Crippen molar-refractivity contribution in [2.75, 3.05) is 7.11 Å². The normalized spacial score (nSPS) is 25.9. The molecule has 1 saturated carbocycles. The summed E-state index contributed by atoms with van der Waals surface area (Å²) in [5, 5.41) is 4.13. The largest absolute Gasteiger partial charge is 0.495 e. The molecule has 2 unspecified atom stereocenters. The zero-order valence-corrected chi connectivity index (χ0v) is 12.2. The number of carbonyl (C=O) groups excluding carboxylic acids is 1. The number of hydrogen-bond acceptors (Lipinski definition) is 3. The lowest BCUT2D eigenvalue weighted by Gasteiger charge is -2.35. The highest BCUT2D eigenvalue weighted by Crippen LogP contribution is 2.40. The maximum Gasteiger partial charge on any atom is 0.152 e. The van der Waals surface area contributed by atoms with Crippen molar-refractivity contribution in [2.24, 2.45) is 5.11 Å². The number of ether oxygens (including phenoxy) is 1. The summed E-state index contributed by atoms with van der Waals surface area (Å²) in [4.78, 5) is 15.4. The smallest absolute Gasteiger partial charge is 0.152 e. The molecule has 0 radical (unpaired) electrons. The van der Waals surface area contributed by atoms with Gasteiger partial charge in [0.25, 0.3) is 0 Å². The van der Waals surface area contributed by atoms with Crippen molar-refractivity contribution in [2.45, 2.75) is 37.6 Å². The lowest BCUT2D eigenvalue weighted by Crippen LogP contribution is -2.43. The Morgan fingerprint density at radius 3 is 2.95 bits per heavy atom. The highest BCUT2D eigenvalue weighted by Gasteiger charge is 2.42. The summed E-state index contributed by atoms with van der Waals surface area (Å²) in [5.74, 6) is 0.509. The first-order valence-electron chi connectivity index (χ1n) is 6.45. The van der Waals surface area contributed by atoms with E-state index in [-0.39, 0.29) is 5.78 Å². The monoisotopic (exact) mass is 293 g/mol. The predicted molar refractivity (Wildman–Crippen MR) is 77.1 cm³/mol. The summed E-state index contributed by atoms with van der Waals surface area (Å²) < 4.78 is 5.21. The molecule has 0 aliphatic heterocycles. The molecule has 0 amide bonds. The Kier molecular flexibility index (Phi) is 4.21. The van der Waals surface area contributed by atoms with Gasteiger partial charge in [-0.1, -0.05) is 29.2 Å². The van der Waals surface area contributed by atoms with Crippen LogP contribution in [0.4, 0.5) is 0 Å². The fraction of sp³-hybridized carbons (Fsp3) is 0.500. The van der Waals surface area contributed by atoms with E-state index < -0.39 is 11.5 Å². The molecule has 0 aromatic heterocycles. The Hall–Kier alpha value is -1.71. The van der Waals surface area contributed by atoms with E-state index >= 15 is 0 Å². The molecule has 1 fully saturated rings. The topological polar surface area (TPSA) is 75.1 Å². The van der Waals surface area contributed by atoms with Crippen LogP contribution in [0.5, 0.6) is 5.75 Å².